The summed E-state index contributed by atoms with van der Waals surface area (Å²) in [4.78, 5) is 29.7. The summed E-state index contributed by atoms with van der Waals surface area (Å²) in [5.41, 5.74) is 0.399. The number of hydrogen-bond acceptors (Lipinski definition) is 5. The van der Waals surface area contributed by atoms with Crippen LogP contribution in [0.25, 0.3) is 0 Å². The number of nitrogens with one attached hydrogen (secondary N) is 1. The van der Waals surface area contributed by atoms with E-state index in [-0.39, 0.29) is 17.2 Å². The fourth-order valence-electron chi connectivity index (χ4n) is 3.02. The van der Waals surface area contributed by atoms with Gasteiger partial charge in [0.15, 0.2) is 11.6 Å². The molecule has 1 saturated heterocycles. The van der Waals surface area contributed by atoms with Gasteiger partial charge in [-0.15, -0.1) is 0 Å². The molecular weight excluding hydrogens is 334 g/mol. The van der Waals surface area contributed by atoms with Crippen molar-refractivity contribution in [2.45, 2.75) is 39.3 Å². The van der Waals surface area contributed by atoms with Crippen LogP contribution in [0.15, 0.2) is 35.4 Å². The fourth-order valence-corrected chi connectivity index (χ4v) is 3.02. The highest BCUT2D eigenvalue weighted by Gasteiger charge is 2.21. The van der Waals surface area contributed by atoms with Crippen molar-refractivity contribution >= 4 is 11.7 Å². The van der Waals surface area contributed by atoms with Crippen LogP contribution in [0, 0.1) is 6.92 Å². The molecule has 1 aliphatic rings. The summed E-state index contributed by atoms with van der Waals surface area (Å²) in [5.74, 6) is 0.276. The third-order valence-electron chi connectivity index (χ3n) is 4.33. The summed E-state index contributed by atoms with van der Waals surface area (Å²) >= 11 is 0. The lowest BCUT2D eigenvalue weighted by atomic mass is 10.1. The molecule has 1 fully saturated rings. The van der Waals surface area contributed by atoms with Crippen molar-refractivity contribution in [3.8, 4) is 5.75 Å². The summed E-state index contributed by atoms with van der Waals surface area (Å²) in [5, 5.41) is 2.69. The average molecular weight is 357 g/mol. The van der Waals surface area contributed by atoms with E-state index in [0.29, 0.717) is 30.3 Å². The predicted molar refractivity (Wildman–Crippen MR) is 97.8 cm³/mol. The highest BCUT2D eigenvalue weighted by Crippen LogP contribution is 2.21. The zero-order valence-corrected chi connectivity index (χ0v) is 15.0. The molecule has 0 saturated carbocycles. The van der Waals surface area contributed by atoms with E-state index in [1.54, 1.807) is 42.1 Å². The molecule has 0 bridgehead atoms. The third-order valence-corrected chi connectivity index (χ3v) is 4.33. The molecular formula is C19H23N3O4. The van der Waals surface area contributed by atoms with E-state index in [2.05, 4.69) is 10.3 Å². The number of nitrogens with zero attached hydrogens (tertiary/aromatic N) is 2. The molecule has 26 heavy (non-hydrogen) atoms. The molecule has 7 heteroatoms. The number of rotatable bonds is 6. The number of aromatic nitrogens is 2. The fraction of sp³-hybridized carbons (Fsp3) is 0.421. The van der Waals surface area contributed by atoms with Crippen molar-refractivity contribution in [1.29, 1.82) is 0 Å². The molecule has 0 aliphatic carbocycles. The number of hydrogen-bond donors (Lipinski definition) is 1. The first-order valence-corrected chi connectivity index (χ1v) is 8.81. The highest BCUT2D eigenvalue weighted by molar-refractivity contribution is 6.05. The molecule has 7 nitrogen and oxygen atoms in total. The topological polar surface area (TPSA) is 82.4 Å². The van der Waals surface area contributed by atoms with Crippen LogP contribution in [0.4, 0.5) is 5.82 Å². The van der Waals surface area contributed by atoms with Gasteiger partial charge in [0.2, 0.25) is 0 Å². The van der Waals surface area contributed by atoms with E-state index in [1.807, 2.05) is 6.92 Å². The lowest BCUT2D eigenvalue weighted by Gasteiger charge is -2.15. The summed E-state index contributed by atoms with van der Waals surface area (Å²) in [6, 6.07) is 5.22. The number of carbonyl (C=O) groups is 1. The molecule has 1 atom stereocenters. The Morgan fingerprint density at radius 1 is 1.46 bits per heavy atom. The minimum Gasteiger partial charge on any atom is -0.490 e. The minimum atomic E-state index is -0.492. The van der Waals surface area contributed by atoms with Gasteiger partial charge in [-0.3, -0.25) is 9.59 Å². The second-order valence-electron chi connectivity index (χ2n) is 6.20. The van der Waals surface area contributed by atoms with E-state index in [9.17, 15) is 9.59 Å². The monoisotopic (exact) mass is 357 g/mol. The Hall–Kier alpha value is -2.67. The first kappa shape index (κ1) is 18.1. The van der Waals surface area contributed by atoms with E-state index in [1.165, 1.54) is 0 Å². The number of amides is 1. The third kappa shape index (κ3) is 3.94. The SMILES string of the molecule is CCOc1cccnc1NC(=O)c1c(C)ccn(CC2CCCO2)c1=O. The number of ether oxygens (including phenoxy) is 2. The van der Waals surface area contributed by atoms with Crippen LogP contribution in [0.5, 0.6) is 5.75 Å². The Bertz CT molecular complexity index is 841. The van der Waals surface area contributed by atoms with Gasteiger partial charge in [0.25, 0.3) is 11.5 Å². The zero-order valence-electron chi connectivity index (χ0n) is 15.0. The van der Waals surface area contributed by atoms with Crippen molar-refractivity contribution in [2.75, 3.05) is 18.5 Å². The van der Waals surface area contributed by atoms with Crippen LogP contribution >= 0.6 is 0 Å². The van der Waals surface area contributed by atoms with Crippen molar-refractivity contribution < 1.29 is 14.3 Å². The maximum Gasteiger partial charge on any atom is 0.263 e. The first-order chi connectivity index (χ1) is 12.6. The first-order valence-electron chi connectivity index (χ1n) is 8.81. The van der Waals surface area contributed by atoms with Crippen LogP contribution in [-0.4, -0.2) is 34.8 Å². The van der Waals surface area contributed by atoms with Gasteiger partial charge in [-0.1, -0.05) is 0 Å². The summed E-state index contributed by atoms with van der Waals surface area (Å²) in [6.45, 7) is 5.22. The Balaban J connectivity index is 1.86. The molecule has 2 aromatic heterocycles. The second-order valence-corrected chi connectivity index (χ2v) is 6.20. The molecule has 1 unspecified atom stereocenters. The quantitative estimate of drug-likeness (QED) is 0.858. The van der Waals surface area contributed by atoms with Gasteiger partial charge < -0.3 is 19.4 Å². The van der Waals surface area contributed by atoms with Crippen molar-refractivity contribution in [2.24, 2.45) is 0 Å². The normalized spacial score (nSPS) is 16.5. The van der Waals surface area contributed by atoms with Gasteiger partial charge in [-0.2, -0.15) is 0 Å². The van der Waals surface area contributed by atoms with Crippen molar-refractivity contribution in [3.63, 3.8) is 0 Å². The van der Waals surface area contributed by atoms with Crippen molar-refractivity contribution in [1.82, 2.24) is 9.55 Å². The number of anilines is 1. The molecule has 1 N–H and O–H groups in total. The van der Waals surface area contributed by atoms with Gasteiger partial charge in [-0.25, -0.2) is 4.98 Å². The predicted octanol–water partition coefficient (Wildman–Crippen LogP) is 2.38. The molecule has 2 aromatic rings. The zero-order chi connectivity index (χ0) is 18.5. The van der Waals surface area contributed by atoms with Gasteiger partial charge in [-0.05, 0) is 50.5 Å². The van der Waals surface area contributed by atoms with E-state index < -0.39 is 5.91 Å². The van der Waals surface area contributed by atoms with Crippen LogP contribution < -0.4 is 15.6 Å². The molecule has 1 aliphatic heterocycles. The van der Waals surface area contributed by atoms with Gasteiger partial charge in [0.1, 0.15) is 5.56 Å². The standard InChI is InChI=1S/C19H23N3O4/c1-3-25-15-7-4-9-20-17(15)21-18(23)16-13(2)8-10-22(19(16)24)12-14-6-5-11-26-14/h4,7-10,14H,3,5-6,11-12H2,1-2H3,(H,20,21,23). The molecule has 0 aromatic carbocycles. The molecule has 3 heterocycles. The number of aryl methyl sites for hydroxylation is 1. The number of pyridine rings is 2. The lowest BCUT2D eigenvalue weighted by molar-refractivity contribution is 0.0952. The lowest BCUT2D eigenvalue weighted by Crippen LogP contribution is -2.33. The molecule has 1 amide bonds. The summed E-state index contributed by atoms with van der Waals surface area (Å²) < 4.78 is 12.6. The molecule has 0 spiro atoms. The van der Waals surface area contributed by atoms with E-state index >= 15 is 0 Å². The smallest absolute Gasteiger partial charge is 0.263 e. The Morgan fingerprint density at radius 2 is 2.31 bits per heavy atom. The Kier molecular flexibility index (Phi) is 5.68. The number of carbonyl (C=O) groups excluding carboxylic acids is 1. The molecule has 0 radical (unpaired) electrons. The maximum atomic E-state index is 12.8. The van der Waals surface area contributed by atoms with Crippen molar-refractivity contribution in [3.05, 3.63) is 52.1 Å². The summed E-state index contributed by atoms with van der Waals surface area (Å²) in [7, 11) is 0. The second kappa shape index (κ2) is 8.14. The van der Waals surface area contributed by atoms with Gasteiger partial charge in [0.05, 0.1) is 19.3 Å². The largest absolute Gasteiger partial charge is 0.490 e. The molecule has 3 rings (SSSR count). The Morgan fingerprint density at radius 3 is 3.04 bits per heavy atom. The van der Waals surface area contributed by atoms with E-state index in [0.717, 1.165) is 19.4 Å². The van der Waals surface area contributed by atoms with Crippen LogP contribution in [-0.2, 0) is 11.3 Å². The van der Waals surface area contributed by atoms with Crippen LogP contribution in [0.2, 0.25) is 0 Å². The molecule has 138 valence electrons. The maximum absolute atomic E-state index is 12.8. The summed E-state index contributed by atoms with van der Waals surface area (Å²) in [6.07, 6.45) is 5.21. The van der Waals surface area contributed by atoms with E-state index in [4.69, 9.17) is 9.47 Å². The average Bonchev–Trinajstić information content (AvgIpc) is 3.13. The minimum absolute atomic E-state index is 0.0201. The Labute approximate surface area is 152 Å². The van der Waals surface area contributed by atoms with Gasteiger partial charge >= 0.3 is 0 Å². The van der Waals surface area contributed by atoms with Crippen LogP contribution in [0.3, 0.4) is 0 Å². The highest BCUT2D eigenvalue weighted by atomic mass is 16.5. The van der Waals surface area contributed by atoms with Crippen LogP contribution in [0.1, 0.15) is 35.7 Å². The van der Waals surface area contributed by atoms with Gasteiger partial charge in [0, 0.05) is 19.0 Å².